The second-order valence-corrected chi connectivity index (χ2v) is 12.0. The van der Waals surface area contributed by atoms with E-state index >= 15 is 0 Å². The van der Waals surface area contributed by atoms with Gasteiger partial charge in [-0.05, 0) is 66.5 Å². The second-order valence-electron chi connectivity index (χ2n) is 12.0. The quantitative estimate of drug-likeness (QED) is 0.138. The number of benzene rings is 2. The van der Waals surface area contributed by atoms with Crippen molar-refractivity contribution >= 4 is 5.97 Å². The molecule has 0 N–H and O–H groups in total. The van der Waals surface area contributed by atoms with Gasteiger partial charge in [0.05, 0.1) is 30.0 Å². The van der Waals surface area contributed by atoms with Gasteiger partial charge in [-0.1, -0.05) is 53.7 Å². The summed E-state index contributed by atoms with van der Waals surface area (Å²) >= 11 is 0. The van der Waals surface area contributed by atoms with E-state index in [4.69, 9.17) is 18.9 Å². The minimum absolute atomic E-state index is 0.111. The lowest BCUT2D eigenvalue weighted by Crippen LogP contribution is -2.21. The lowest BCUT2D eigenvalue weighted by atomic mass is 9.78. The van der Waals surface area contributed by atoms with Crippen molar-refractivity contribution in [1.82, 2.24) is 4.98 Å². The zero-order chi connectivity index (χ0) is 30.2. The first-order chi connectivity index (χ1) is 19.4. The predicted molar refractivity (Wildman–Crippen MR) is 161 cm³/mol. The van der Waals surface area contributed by atoms with Crippen LogP contribution in [0.4, 0.5) is 0 Å². The van der Waals surface area contributed by atoms with E-state index in [1.165, 1.54) is 5.56 Å². The highest BCUT2D eigenvalue weighted by Crippen LogP contribution is 2.41. The van der Waals surface area contributed by atoms with Crippen molar-refractivity contribution in [3.63, 3.8) is 0 Å². The van der Waals surface area contributed by atoms with E-state index in [1.54, 1.807) is 44.5 Å². The maximum atomic E-state index is 12.4. The first-order valence-corrected chi connectivity index (χ1v) is 14.0. The number of aromatic nitrogens is 1. The number of nitriles is 1. The molecular formula is C34H42N2O5. The normalized spacial score (nSPS) is 11.6. The zero-order valence-corrected chi connectivity index (χ0v) is 25.6. The van der Waals surface area contributed by atoms with Crippen LogP contribution in [0.1, 0.15) is 87.5 Å². The smallest absolute Gasteiger partial charge is 0.340 e. The van der Waals surface area contributed by atoms with Gasteiger partial charge in [0.15, 0.2) is 6.79 Å². The fourth-order valence-corrected chi connectivity index (χ4v) is 4.58. The second kappa shape index (κ2) is 13.6. The summed E-state index contributed by atoms with van der Waals surface area (Å²) in [5.41, 5.74) is 5.15. The fourth-order valence-electron chi connectivity index (χ4n) is 4.58. The van der Waals surface area contributed by atoms with E-state index in [2.05, 4.69) is 64.7 Å². The molecule has 1 heterocycles. The number of methoxy groups -OCH3 is 1. The van der Waals surface area contributed by atoms with E-state index in [0.717, 1.165) is 29.7 Å². The molecule has 0 atom stereocenters. The Hall–Kier alpha value is -3.89. The molecule has 0 saturated carbocycles. The molecule has 0 spiro atoms. The topological polar surface area (TPSA) is 90.7 Å². The number of aryl methyl sites for hydroxylation is 1. The standard InChI is InChI=1S/C34H42N2O5/c1-9-39-32(37)26-13-10-16-36-30(26)24-14-15-29(25(20-24)21-35)40-17-11-12-23-18-27(33(2,3)4)31(41-22-38-8)28(19-23)34(5,6)7/h10,13-16,18-20H,9,11-12,17,22H2,1-8H3. The number of rotatable bonds is 11. The summed E-state index contributed by atoms with van der Waals surface area (Å²) in [7, 11) is 1.63. The molecule has 0 radical (unpaired) electrons. The third-order valence-corrected chi connectivity index (χ3v) is 6.63. The molecule has 0 saturated heterocycles. The molecule has 0 bridgehead atoms. The van der Waals surface area contributed by atoms with Gasteiger partial charge >= 0.3 is 5.97 Å². The van der Waals surface area contributed by atoms with Gasteiger partial charge in [0, 0.05) is 30.0 Å². The SMILES string of the molecule is CCOC(=O)c1cccnc1-c1ccc(OCCCc2cc(C(C)(C)C)c(OCOC)c(C(C)(C)C)c2)c(C#N)c1. The van der Waals surface area contributed by atoms with Crippen LogP contribution in [-0.2, 0) is 26.7 Å². The molecule has 0 aliphatic rings. The zero-order valence-electron chi connectivity index (χ0n) is 25.6. The highest BCUT2D eigenvalue weighted by atomic mass is 16.7. The molecule has 2 aromatic carbocycles. The summed E-state index contributed by atoms with van der Waals surface area (Å²) in [6.07, 6.45) is 3.19. The molecular weight excluding hydrogens is 516 g/mol. The summed E-state index contributed by atoms with van der Waals surface area (Å²) < 4.78 is 22.5. The Bertz CT molecular complexity index is 1360. The highest BCUT2D eigenvalue weighted by molar-refractivity contribution is 5.96. The summed E-state index contributed by atoms with van der Waals surface area (Å²) in [5.74, 6) is 0.945. The van der Waals surface area contributed by atoms with E-state index < -0.39 is 5.97 Å². The van der Waals surface area contributed by atoms with Crippen LogP contribution in [0.15, 0.2) is 48.7 Å². The van der Waals surface area contributed by atoms with Crippen LogP contribution < -0.4 is 9.47 Å². The molecule has 41 heavy (non-hydrogen) atoms. The van der Waals surface area contributed by atoms with Gasteiger partial charge in [0.1, 0.15) is 17.6 Å². The molecule has 0 amide bonds. The Morgan fingerprint density at radius 2 is 1.66 bits per heavy atom. The number of carbonyl (C=O) groups is 1. The van der Waals surface area contributed by atoms with Gasteiger partial charge in [0.25, 0.3) is 0 Å². The van der Waals surface area contributed by atoms with Crippen LogP contribution in [0.25, 0.3) is 11.3 Å². The van der Waals surface area contributed by atoms with Crippen molar-refractivity contribution in [3.05, 3.63) is 76.5 Å². The van der Waals surface area contributed by atoms with Crippen LogP contribution in [0.3, 0.4) is 0 Å². The van der Waals surface area contributed by atoms with Crippen molar-refractivity contribution in [2.75, 3.05) is 27.1 Å². The van der Waals surface area contributed by atoms with E-state index in [-0.39, 0.29) is 24.2 Å². The maximum Gasteiger partial charge on any atom is 0.340 e. The molecule has 0 aliphatic carbocycles. The minimum atomic E-state index is -0.447. The fraction of sp³-hybridized carbons (Fsp3) is 0.441. The van der Waals surface area contributed by atoms with Gasteiger partial charge in [0.2, 0.25) is 0 Å². The average Bonchev–Trinajstić information content (AvgIpc) is 2.93. The van der Waals surface area contributed by atoms with Gasteiger partial charge in [-0.25, -0.2) is 4.79 Å². The first kappa shape index (κ1) is 31.6. The van der Waals surface area contributed by atoms with E-state index in [1.807, 2.05) is 6.07 Å². The Morgan fingerprint density at radius 3 is 2.24 bits per heavy atom. The van der Waals surface area contributed by atoms with Crippen LogP contribution in [0, 0.1) is 11.3 Å². The van der Waals surface area contributed by atoms with Crippen molar-refractivity contribution in [1.29, 1.82) is 5.26 Å². The highest BCUT2D eigenvalue weighted by Gasteiger charge is 2.28. The molecule has 0 unspecified atom stereocenters. The number of hydrogen-bond acceptors (Lipinski definition) is 7. The molecule has 0 aliphatic heterocycles. The van der Waals surface area contributed by atoms with Crippen molar-refractivity contribution < 1.29 is 23.7 Å². The molecule has 7 nitrogen and oxygen atoms in total. The van der Waals surface area contributed by atoms with Crippen molar-refractivity contribution in [2.24, 2.45) is 0 Å². The summed E-state index contributed by atoms with van der Waals surface area (Å²) in [6, 6.07) is 15.3. The first-order valence-electron chi connectivity index (χ1n) is 14.0. The monoisotopic (exact) mass is 558 g/mol. The summed E-state index contributed by atoms with van der Waals surface area (Å²) in [4.78, 5) is 16.8. The number of esters is 1. The lowest BCUT2D eigenvalue weighted by Gasteiger charge is -2.30. The number of nitrogens with zero attached hydrogens (tertiary/aromatic N) is 2. The lowest BCUT2D eigenvalue weighted by molar-refractivity contribution is 0.0484. The largest absolute Gasteiger partial charge is 0.492 e. The molecule has 7 heteroatoms. The average molecular weight is 559 g/mol. The summed E-state index contributed by atoms with van der Waals surface area (Å²) in [6.45, 7) is 15.8. The molecule has 3 rings (SSSR count). The van der Waals surface area contributed by atoms with Gasteiger partial charge in [-0.2, -0.15) is 5.26 Å². The van der Waals surface area contributed by atoms with Gasteiger partial charge < -0.3 is 18.9 Å². The van der Waals surface area contributed by atoms with Crippen molar-refractivity contribution in [2.45, 2.75) is 72.1 Å². The molecule has 0 fully saturated rings. The Balaban J connectivity index is 1.79. The molecule has 1 aromatic heterocycles. The Morgan fingerprint density at radius 1 is 0.976 bits per heavy atom. The van der Waals surface area contributed by atoms with Gasteiger partial charge in [-0.3, -0.25) is 4.98 Å². The predicted octanol–water partition coefficient (Wildman–Crippen LogP) is 7.39. The number of ether oxygens (including phenoxy) is 4. The third kappa shape index (κ3) is 8.08. The number of carbonyl (C=O) groups excluding carboxylic acids is 1. The van der Waals surface area contributed by atoms with Crippen molar-refractivity contribution in [3.8, 4) is 28.8 Å². The van der Waals surface area contributed by atoms with Gasteiger partial charge in [-0.15, -0.1) is 0 Å². The van der Waals surface area contributed by atoms with Crippen LogP contribution in [0.2, 0.25) is 0 Å². The van der Waals surface area contributed by atoms with E-state index in [0.29, 0.717) is 34.7 Å². The van der Waals surface area contributed by atoms with Crippen LogP contribution in [0.5, 0.6) is 11.5 Å². The maximum absolute atomic E-state index is 12.4. The number of hydrogen-bond donors (Lipinski definition) is 0. The summed E-state index contributed by atoms with van der Waals surface area (Å²) in [5, 5.41) is 9.83. The third-order valence-electron chi connectivity index (χ3n) is 6.63. The molecule has 218 valence electrons. The van der Waals surface area contributed by atoms with Crippen LogP contribution >= 0.6 is 0 Å². The Labute approximate surface area is 244 Å². The number of pyridine rings is 1. The minimum Gasteiger partial charge on any atom is -0.492 e. The Kier molecular flexibility index (Phi) is 10.5. The molecule has 3 aromatic rings. The van der Waals surface area contributed by atoms with Crippen LogP contribution in [-0.4, -0.2) is 38.1 Å². The van der Waals surface area contributed by atoms with E-state index in [9.17, 15) is 10.1 Å².